The zero-order valence-corrected chi connectivity index (χ0v) is 5.04. The minimum atomic E-state index is -0.481. The summed E-state index contributed by atoms with van der Waals surface area (Å²) in [5, 5.41) is 0. The SMILES string of the molecule is C=CC(N)=O.C=CC=O. The molecule has 0 bridgehead atoms. The second kappa shape index (κ2) is 9.80. The quantitative estimate of drug-likeness (QED) is 0.420. The molecule has 0 rings (SSSR count). The summed E-state index contributed by atoms with van der Waals surface area (Å²) >= 11 is 0. The lowest BCUT2D eigenvalue weighted by Crippen LogP contribution is -2.04. The van der Waals surface area contributed by atoms with E-state index in [9.17, 15) is 4.79 Å². The first-order valence-electron chi connectivity index (χ1n) is 2.17. The number of rotatable bonds is 2. The Morgan fingerprint density at radius 2 is 1.67 bits per heavy atom. The highest BCUT2D eigenvalue weighted by Gasteiger charge is 1.69. The highest BCUT2D eigenvalue weighted by Crippen LogP contribution is 1.48. The largest absolute Gasteiger partial charge is 0.366 e. The van der Waals surface area contributed by atoms with Gasteiger partial charge in [0.1, 0.15) is 6.29 Å². The van der Waals surface area contributed by atoms with Crippen LogP contribution in [0.2, 0.25) is 0 Å². The van der Waals surface area contributed by atoms with Gasteiger partial charge < -0.3 is 5.73 Å². The third-order valence-corrected chi connectivity index (χ3v) is 0.297. The predicted octanol–water partition coefficient (Wildman–Crippen LogP) is 0.0290. The van der Waals surface area contributed by atoms with Crippen LogP contribution >= 0.6 is 0 Å². The third kappa shape index (κ3) is 53.8. The molecule has 3 nitrogen and oxygen atoms in total. The molecular formula is C6H9NO2. The molecule has 0 aromatic rings. The van der Waals surface area contributed by atoms with E-state index in [-0.39, 0.29) is 0 Å². The van der Waals surface area contributed by atoms with Gasteiger partial charge in [0.2, 0.25) is 5.91 Å². The number of hydrogen-bond acceptors (Lipinski definition) is 2. The van der Waals surface area contributed by atoms with Crippen LogP contribution in [0.25, 0.3) is 0 Å². The van der Waals surface area contributed by atoms with E-state index in [1.54, 1.807) is 0 Å². The van der Waals surface area contributed by atoms with E-state index >= 15 is 0 Å². The second-order valence-corrected chi connectivity index (χ2v) is 0.978. The van der Waals surface area contributed by atoms with Crippen LogP contribution in [-0.4, -0.2) is 12.2 Å². The Hall–Kier alpha value is -1.38. The lowest BCUT2D eigenvalue weighted by Gasteiger charge is -1.65. The van der Waals surface area contributed by atoms with Crippen LogP contribution in [0.15, 0.2) is 25.3 Å². The summed E-state index contributed by atoms with van der Waals surface area (Å²) in [7, 11) is 0. The predicted molar refractivity (Wildman–Crippen MR) is 35.7 cm³/mol. The number of aldehydes is 1. The standard InChI is InChI=1S/C3H5NO.C3H4O/c1-2-3(4)5;1-2-3-4/h2H,1H2,(H2,4,5);2-3H,1H2. The molecule has 0 aliphatic heterocycles. The first-order valence-corrected chi connectivity index (χ1v) is 2.17. The van der Waals surface area contributed by atoms with Gasteiger partial charge in [-0.05, 0) is 12.2 Å². The normalized spacial score (nSPS) is 5.78. The first-order chi connectivity index (χ1) is 4.18. The molecule has 1 amide bonds. The monoisotopic (exact) mass is 127 g/mol. The van der Waals surface area contributed by atoms with Gasteiger partial charge in [0.15, 0.2) is 0 Å². The number of carbonyl (C=O) groups is 2. The molecule has 0 aromatic heterocycles. The highest BCUT2D eigenvalue weighted by molar-refractivity contribution is 5.84. The Bertz CT molecular complexity index is 112. The molecule has 0 atom stereocenters. The van der Waals surface area contributed by atoms with Crippen molar-refractivity contribution in [2.45, 2.75) is 0 Å². The fraction of sp³-hybridized carbons (Fsp3) is 0. The van der Waals surface area contributed by atoms with Crippen molar-refractivity contribution in [1.82, 2.24) is 0 Å². The van der Waals surface area contributed by atoms with E-state index in [0.29, 0.717) is 6.29 Å². The van der Waals surface area contributed by atoms with Gasteiger partial charge in [-0.25, -0.2) is 0 Å². The van der Waals surface area contributed by atoms with Crippen molar-refractivity contribution < 1.29 is 9.59 Å². The molecule has 9 heavy (non-hydrogen) atoms. The van der Waals surface area contributed by atoms with Gasteiger partial charge >= 0.3 is 0 Å². The van der Waals surface area contributed by atoms with Crippen LogP contribution in [0, 0.1) is 0 Å². The molecule has 0 heterocycles. The molecular weight excluding hydrogens is 118 g/mol. The molecule has 0 unspecified atom stereocenters. The summed E-state index contributed by atoms with van der Waals surface area (Å²) in [6.45, 7) is 6.20. The minimum Gasteiger partial charge on any atom is -0.366 e. The van der Waals surface area contributed by atoms with Crippen LogP contribution in [0.4, 0.5) is 0 Å². The first kappa shape index (κ1) is 10.6. The summed E-state index contributed by atoms with van der Waals surface area (Å²) in [6.07, 6.45) is 2.89. The molecule has 0 aromatic carbocycles. The molecule has 0 aliphatic rings. The van der Waals surface area contributed by atoms with E-state index in [2.05, 4.69) is 18.9 Å². The van der Waals surface area contributed by atoms with E-state index in [0.717, 1.165) is 6.08 Å². The van der Waals surface area contributed by atoms with Crippen molar-refractivity contribution >= 4 is 12.2 Å². The van der Waals surface area contributed by atoms with E-state index in [1.807, 2.05) is 0 Å². The van der Waals surface area contributed by atoms with Crippen molar-refractivity contribution in [2.75, 3.05) is 0 Å². The van der Waals surface area contributed by atoms with Crippen LogP contribution in [0.1, 0.15) is 0 Å². The van der Waals surface area contributed by atoms with Gasteiger partial charge in [0.25, 0.3) is 0 Å². The second-order valence-electron chi connectivity index (χ2n) is 0.978. The van der Waals surface area contributed by atoms with Crippen LogP contribution in [-0.2, 0) is 9.59 Å². The maximum atomic E-state index is 9.47. The van der Waals surface area contributed by atoms with Crippen molar-refractivity contribution in [3.8, 4) is 0 Å². The fourth-order valence-electron chi connectivity index (χ4n) is 0. The molecule has 50 valence electrons. The Morgan fingerprint density at radius 1 is 1.44 bits per heavy atom. The number of nitrogens with two attached hydrogens (primary N) is 1. The van der Waals surface area contributed by atoms with Crippen LogP contribution in [0.5, 0.6) is 0 Å². The van der Waals surface area contributed by atoms with Gasteiger partial charge in [-0.2, -0.15) is 0 Å². The van der Waals surface area contributed by atoms with Crippen molar-refractivity contribution in [3.05, 3.63) is 25.3 Å². The molecule has 0 aliphatic carbocycles. The molecule has 0 radical (unpaired) electrons. The molecule has 0 saturated heterocycles. The Labute approximate surface area is 53.9 Å². The van der Waals surface area contributed by atoms with Crippen molar-refractivity contribution in [2.24, 2.45) is 5.73 Å². The van der Waals surface area contributed by atoms with Gasteiger partial charge in [0.05, 0.1) is 0 Å². The molecule has 0 fully saturated rings. The van der Waals surface area contributed by atoms with Gasteiger partial charge in [0, 0.05) is 0 Å². The number of carbonyl (C=O) groups excluding carboxylic acids is 2. The molecule has 0 spiro atoms. The zero-order valence-electron chi connectivity index (χ0n) is 5.04. The average molecular weight is 127 g/mol. The van der Waals surface area contributed by atoms with Gasteiger partial charge in [-0.1, -0.05) is 13.2 Å². The summed E-state index contributed by atoms with van der Waals surface area (Å²) in [5.41, 5.74) is 4.53. The van der Waals surface area contributed by atoms with E-state index in [4.69, 9.17) is 4.79 Å². The Morgan fingerprint density at radius 3 is 1.67 bits per heavy atom. The topological polar surface area (TPSA) is 60.2 Å². The maximum Gasteiger partial charge on any atom is 0.240 e. The van der Waals surface area contributed by atoms with E-state index < -0.39 is 5.91 Å². The van der Waals surface area contributed by atoms with Gasteiger partial charge in [-0.3, -0.25) is 9.59 Å². The van der Waals surface area contributed by atoms with Crippen LogP contribution in [0.3, 0.4) is 0 Å². The number of amides is 1. The maximum absolute atomic E-state index is 9.47. The summed E-state index contributed by atoms with van der Waals surface area (Å²) < 4.78 is 0. The number of primary amides is 1. The molecule has 0 saturated carbocycles. The lowest BCUT2D eigenvalue weighted by atomic mass is 10.6. The average Bonchev–Trinajstić information content (AvgIpc) is 1.89. The van der Waals surface area contributed by atoms with Crippen LogP contribution < -0.4 is 5.73 Å². The number of allylic oxidation sites excluding steroid dienone is 1. The summed E-state index contributed by atoms with van der Waals surface area (Å²) in [6, 6.07) is 0. The van der Waals surface area contributed by atoms with E-state index in [1.165, 1.54) is 6.08 Å². The number of hydrogen-bond donors (Lipinski definition) is 1. The molecule has 3 heteroatoms. The lowest BCUT2D eigenvalue weighted by molar-refractivity contribution is -0.113. The summed E-state index contributed by atoms with van der Waals surface area (Å²) in [5.74, 6) is -0.481. The Balaban J connectivity index is 0. The Kier molecular flexibility index (Phi) is 11.5. The third-order valence-electron chi connectivity index (χ3n) is 0.297. The van der Waals surface area contributed by atoms with Crippen molar-refractivity contribution in [3.63, 3.8) is 0 Å². The molecule has 2 N–H and O–H groups in total. The minimum absolute atomic E-state index is 0.481. The van der Waals surface area contributed by atoms with Crippen molar-refractivity contribution in [1.29, 1.82) is 0 Å². The highest BCUT2D eigenvalue weighted by atomic mass is 16.1. The smallest absolute Gasteiger partial charge is 0.240 e. The van der Waals surface area contributed by atoms with Gasteiger partial charge in [-0.15, -0.1) is 0 Å². The summed E-state index contributed by atoms with van der Waals surface area (Å²) in [4.78, 5) is 18.5. The zero-order chi connectivity index (χ0) is 7.70. The fourth-order valence-corrected chi connectivity index (χ4v) is 0.